The van der Waals surface area contributed by atoms with Crippen molar-refractivity contribution >= 4 is 50.6 Å². The number of fused-ring (bicyclic) bond motifs is 1. The molecule has 0 atom stereocenters. The number of benzene rings is 2. The van der Waals surface area contributed by atoms with E-state index in [2.05, 4.69) is 20.5 Å². The fourth-order valence-corrected chi connectivity index (χ4v) is 4.44. The third-order valence-corrected chi connectivity index (χ3v) is 6.02. The van der Waals surface area contributed by atoms with Gasteiger partial charge in [0.2, 0.25) is 5.13 Å². The quantitative estimate of drug-likeness (QED) is 0.309. The first-order valence-electron chi connectivity index (χ1n) is 8.79. The smallest absolute Gasteiger partial charge is 0.210 e. The van der Waals surface area contributed by atoms with Crippen molar-refractivity contribution in [1.82, 2.24) is 15.2 Å². The summed E-state index contributed by atoms with van der Waals surface area (Å²) in [6.07, 6.45) is 1.77. The maximum Gasteiger partial charge on any atom is 0.210 e. The molecule has 4 aromatic rings. The van der Waals surface area contributed by atoms with Crippen molar-refractivity contribution in [3.8, 4) is 5.75 Å². The highest BCUT2D eigenvalue weighted by molar-refractivity contribution is 8.01. The SMILES string of the molecule is CCOc1ccccc1Nc1nnc(SCC(=O)c2c[nH]c3ccccc23)s1. The molecule has 2 aromatic heterocycles. The molecule has 2 N–H and O–H groups in total. The number of aromatic nitrogens is 3. The lowest BCUT2D eigenvalue weighted by Gasteiger charge is -2.09. The third kappa shape index (κ3) is 4.02. The molecule has 0 saturated carbocycles. The Kier molecular flexibility index (Phi) is 5.59. The zero-order valence-corrected chi connectivity index (χ0v) is 16.8. The minimum Gasteiger partial charge on any atom is -0.492 e. The fraction of sp³-hybridized carbons (Fsp3) is 0.150. The van der Waals surface area contributed by atoms with Crippen LogP contribution in [-0.4, -0.2) is 33.3 Å². The molecule has 0 radical (unpaired) electrons. The molecule has 0 saturated heterocycles. The molecule has 6 nitrogen and oxygen atoms in total. The highest BCUT2D eigenvalue weighted by Gasteiger charge is 2.14. The average Bonchev–Trinajstić information content (AvgIpc) is 3.35. The van der Waals surface area contributed by atoms with Crippen molar-refractivity contribution in [3.63, 3.8) is 0 Å². The molecule has 8 heteroatoms. The van der Waals surface area contributed by atoms with Crippen LogP contribution in [0.5, 0.6) is 5.75 Å². The first kappa shape index (κ1) is 18.5. The zero-order valence-electron chi connectivity index (χ0n) is 15.1. The summed E-state index contributed by atoms with van der Waals surface area (Å²) in [5, 5.41) is 13.2. The van der Waals surface area contributed by atoms with Gasteiger partial charge in [-0.25, -0.2) is 0 Å². The number of H-pyrrole nitrogens is 1. The maximum absolute atomic E-state index is 12.6. The van der Waals surface area contributed by atoms with E-state index in [9.17, 15) is 4.79 Å². The normalized spacial score (nSPS) is 10.9. The van der Waals surface area contributed by atoms with Gasteiger partial charge in [0, 0.05) is 22.7 Å². The van der Waals surface area contributed by atoms with Crippen LogP contribution in [-0.2, 0) is 0 Å². The van der Waals surface area contributed by atoms with Gasteiger partial charge in [-0.15, -0.1) is 10.2 Å². The van der Waals surface area contributed by atoms with Gasteiger partial charge in [-0.1, -0.05) is 53.4 Å². The number of ether oxygens (including phenoxy) is 1. The molecule has 0 amide bonds. The third-order valence-electron chi connectivity index (χ3n) is 4.05. The summed E-state index contributed by atoms with van der Waals surface area (Å²) in [6.45, 7) is 2.53. The highest BCUT2D eigenvalue weighted by atomic mass is 32.2. The molecular weight excluding hydrogens is 392 g/mol. The summed E-state index contributed by atoms with van der Waals surface area (Å²) >= 11 is 2.80. The minimum absolute atomic E-state index is 0.0638. The van der Waals surface area contributed by atoms with E-state index in [1.165, 1.54) is 23.1 Å². The number of rotatable bonds is 8. The number of aromatic amines is 1. The number of hydrogen-bond acceptors (Lipinski definition) is 7. The first-order valence-corrected chi connectivity index (χ1v) is 10.6. The standard InChI is InChI=1S/C20H18N4O2S2/c1-2-26-18-10-6-5-9-16(18)22-19-23-24-20(28-19)27-12-17(25)14-11-21-15-8-4-3-7-13(14)15/h3-11,21H,2,12H2,1H3,(H,22,23). The number of para-hydroxylation sites is 3. The summed E-state index contributed by atoms with van der Waals surface area (Å²) < 4.78 is 6.35. The summed E-state index contributed by atoms with van der Waals surface area (Å²) in [5.41, 5.74) is 2.51. The Morgan fingerprint density at radius 3 is 2.89 bits per heavy atom. The van der Waals surface area contributed by atoms with Gasteiger partial charge in [0.05, 0.1) is 18.0 Å². The van der Waals surface area contributed by atoms with E-state index >= 15 is 0 Å². The van der Waals surface area contributed by atoms with E-state index in [1.807, 2.05) is 55.5 Å². The Bertz CT molecular complexity index is 1110. The number of anilines is 2. The molecule has 0 bridgehead atoms. The van der Waals surface area contributed by atoms with E-state index in [4.69, 9.17) is 4.74 Å². The molecule has 0 fully saturated rings. The van der Waals surface area contributed by atoms with E-state index in [0.717, 1.165) is 26.7 Å². The number of thioether (sulfide) groups is 1. The Balaban J connectivity index is 1.41. The molecular formula is C20H18N4O2S2. The maximum atomic E-state index is 12.6. The van der Waals surface area contributed by atoms with Crippen molar-refractivity contribution in [2.45, 2.75) is 11.3 Å². The van der Waals surface area contributed by atoms with Gasteiger partial charge in [0.1, 0.15) is 5.75 Å². The number of carbonyl (C=O) groups excluding carboxylic acids is 1. The van der Waals surface area contributed by atoms with Crippen molar-refractivity contribution in [2.24, 2.45) is 0 Å². The van der Waals surface area contributed by atoms with E-state index < -0.39 is 0 Å². The van der Waals surface area contributed by atoms with E-state index in [0.29, 0.717) is 23.1 Å². The van der Waals surface area contributed by atoms with Crippen LogP contribution in [0.4, 0.5) is 10.8 Å². The predicted molar refractivity (Wildman–Crippen MR) is 114 cm³/mol. The van der Waals surface area contributed by atoms with Crippen LogP contribution < -0.4 is 10.1 Å². The van der Waals surface area contributed by atoms with Gasteiger partial charge < -0.3 is 15.0 Å². The number of nitrogens with zero attached hydrogens (tertiary/aromatic N) is 2. The van der Waals surface area contributed by atoms with Crippen LogP contribution >= 0.6 is 23.1 Å². The van der Waals surface area contributed by atoms with Crippen LogP contribution in [0.1, 0.15) is 17.3 Å². The first-order chi connectivity index (χ1) is 13.7. The molecule has 0 aliphatic rings. The molecule has 0 unspecified atom stereocenters. The van der Waals surface area contributed by atoms with E-state index in [-0.39, 0.29) is 5.78 Å². The van der Waals surface area contributed by atoms with Gasteiger partial charge in [0.25, 0.3) is 0 Å². The van der Waals surface area contributed by atoms with Gasteiger partial charge in [-0.05, 0) is 25.1 Å². The van der Waals surface area contributed by atoms with Crippen LogP contribution in [0, 0.1) is 0 Å². The largest absolute Gasteiger partial charge is 0.492 e. The summed E-state index contributed by atoms with van der Waals surface area (Å²) in [4.78, 5) is 15.7. The fourth-order valence-electron chi connectivity index (χ4n) is 2.79. The highest BCUT2D eigenvalue weighted by Crippen LogP contribution is 2.32. The Labute approximate surface area is 170 Å². The van der Waals surface area contributed by atoms with Crippen molar-refractivity contribution in [1.29, 1.82) is 0 Å². The van der Waals surface area contributed by atoms with Crippen molar-refractivity contribution in [2.75, 3.05) is 17.7 Å². The van der Waals surface area contributed by atoms with E-state index in [1.54, 1.807) is 6.20 Å². The lowest BCUT2D eigenvalue weighted by Crippen LogP contribution is -2.01. The van der Waals surface area contributed by atoms with Crippen LogP contribution in [0.2, 0.25) is 0 Å². The molecule has 2 aromatic carbocycles. The summed E-state index contributed by atoms with van der Waals surface area (Å²) in [7, 11) is 0. The summed E-state index contributed by atoms with van der Waals surface area (Å²) in [5.74, 6) is 1.14. The second kappa shape index (κ2) is 8.45. The minimum atomic E-state index is 0.0638. The Morgan fingerprint density at radius 2 is 2.00 bits per heavy atom. The van der Waals surface area contributed by atoms with Crippen LogP contribution in [0.3, 0.4) is 0 Å². The molecule has 142 valence electrons. The van der Waals surface area contributed by atoms with Gasteiger partial charge in [-0.3, -0.25) is 4.79 Å². The molecule has 0 aliphatic heterocycles. The van der Waals surface area contributed by atoms with Crippen LogP contribution in [0.15, 0.2) is 59.1 Å². The number of hydrogen-bond donors (Lipinski definition) is 2. The lowest BCUT2D eigenvalue weighted by molar-refractivity contribution is 0.102. The number of ketones is 1. The van der Waals surface area contributed by atoms with Crippen molar-refractivity contribution < 1.29 is 9.53 Å². The topological polar surface area (TPSA) is 79.9 Å². The van der Waals surface area contributed by atoms with Gasteiger partial charge in [0.15, 0.2) is 10.1 Å². The molecule has 0 aliphatic carbocycles. The average molecular weight is 411 g/mol. The zero-order chi connectivity index (χ0) is 19.3. The Morgan fingerprint density at radius 1 is 1.18 bits per heavy atom. The predicted octanol–water partition coefficient (Wildman–Crippen LogP) is 5.14. The Hall–Kier alpha value is -2.84. The van der Waals surface area contributed by atoms with Crippen LogP contribution in [0.25, 0.3) is 10.9 Å². The monoisotopic (exact) mass is 410 g/mol. The summed E-state index contributed by atoms with van der Waals surface area (Å²) in [6, 6.07) is 15.5. The number of nitrogens with one attached hydrogen (secondary N) is 2. The molecule has 28 heavy (non-hydrogen) atoms. The lowest BCUT2D eigenvalue weighted by atomic mass is 10.1. The van der Waals surface area contributed by atoms with Gasteiger partial charge in [-0.2, -0.15) is 0 Å². The second-order valence-corrected chi connectivity index (χ2v) is 8.09. The van der Waals surface area contributed by atoms with Gasteiger partial charge >= 0.3 is 0 Å². The number of Topliss-reactive ketones (excluding diaryl/α,β-unsaturated/α-hetero) is 1. The molecule has 2 heterocycles. The molecule has 0 spiro atoms. The second-order valence-electron chi connectivity index (χ2n) is 5.89. The molecule has 4 rings (SSSR count). The van der Waals surface area contributed by atoms with Crippen molar-refractivity contribution in [3.05, 3.63) is 60.3 Å². The number of carbonyl (C=O) groups is 1.